The summed E-state index contributed by atoms with van der Waals surface area (Å²) in [4.78, 5) is 21.4. The van der Waals surface area contributed by atoms with E-state index in [1.165, 1.54) is 16.6 Å². The van der Waals surface area contributed by atoms with E-state index in [2.05, 4.69) is 20.4 Å². The minimum atomic E-state index is -4.50. The molecule has 0 fully saturated rings. The number of hydrogen-bond acceptors (Lipinski definition) is 5. The number of anilines is 1. The maximum atomic E-state index is 13.0. The van der Waals surface area contributed by atoms with Crippen molar-refractivity contribution >= 4 is 29.1 Å². The molecule has 1 N–H and O–H groups in total. The van der Waals surface area contributed by atoms with Gasteiger partial charge < -0.3 is 5.32 Å². The second-order valence-electron chi connectivity index (χ2n) is 6.24. The van der Waals surface area contributed by atoms with Gasteiger partial charge in [-0.25, -0.2) is 9.50 Å². The molecule has 0 saturated carbocycles. The van der Waals surface area contributed by atoms with Crippen molar-refractivity contribution in [3.8, 4) is 0 Å². The van der Waals surface area contributed by atoms with Crippen LogP contribution in [0.4, 0.5) is 18.9 Å². The molecule has 2 heterocycles. The van der Waals surface area contributed by atoms with Gasteiger partial charge in [-0.1, -0.05) is 48.2 Å². The molecule has 4 rings (SSSR count). The fourth-order valence-electron chi connectivity index (χ4n) is 2.75. The Bertz CT molecular complexity index is 1150. The molecule has 6 nitrogen and oxygen atoms in total. The quantitative estimate of drug-likeness (QED) is 0.469. The van der Waals surface area contributed by atoms with Gasteiger partial charge in [0, 0.05) is 18.1 Å². The maximum absolute atomic E-state index is 13.0. The van der Waals surface area contributed by atoms with Gasteiger partial charge in [0.05, 0.1) is 5.56 Å². The molecule has 10 heteroatoms. The fraction of sp³-hybridized carbons (Fsp3) is 0.100. The molecule has 0 aliphatic heterocycles. The van der Waals surface area contributed by atoms with Crippen LogP contribution in [0.15, 0.2) is 78.2 Å². The largest absolute Gasteiger partial charge is 0.416 e. The second-order valence-corrected chi connectivity index (χ2v) is 7.31. The first-order valence-electron chi connectivity index (χ1n) is 8.77. The van der Waals surface area contributed by atoms with Gasteiger partial charge in [0.25, 0.3) is 5.78 Å². The summed E-state index contributed by atoms with van der Waals surface area (Å²) in [6, 6.07) is 15.1. The summed E-state index contributed by atoms with van der Waals surface area (Å²) in [6.45, 7) is 0. The number of nitrogens with zero attached hydrogens (tertiary/aromatic N) is 4. The molecule has 0 spiro atoms. The molecule has 0 aliphatic rings. The lowest BCUT2D eigenvalue weighted by molar-refractivity contribution is -0.137. The first kappa shape index (κ1) is 19.9. The standard InChI is InChI=1S/C20H14F3N5OS/c21-20(22,23)14-8-4-9-15(12-14)25-17(29)16(13-6-2-1-3-7-13)30-19-26-18-24-10-5-11-28(18)27-19/h1-12,16H,(H,25,29). The van der Waals surface area contributed by atoms with Gasteiger partial charge in [0.1, 0.15) is 5.25 Å². The van der Waals surface area contributed by atoms with Crippen molar-refractivity contribution in [1.29, 1.82) is 0 Å². The Kier molecular flexibility index (Phi) is 5.40. The van der Waals surface area contributed by atoms with Crippen LogP contribution < -0.4 is 5.32 Å². The number of carbonyl (C=O) groups is 1. The van der Waals surface area contributed by atoms with Crippen LogP contribution in [0.5, 0.6) is 0 Å². The van der Waals surface area contributed by atoms with Crippen molar-refractivity contribution < 1.29 is 18.0 Å². The Hall–Kier alpha value is -3.40. The molecule has 1 unspecified atom stereocenters. The summed E-state index contributed by atoms with van der Waals surface area (Å²) < 4.78 is 40.4. The molecule has 4 aromatic rings. The van der Waals surface area contributed by atoms with Crippen LogP contribution in [0, 0.1) is 0 Å². The zero-order valence-electron chi connectivity index (χ0n) is 15.2. The van der Waals surface area contributed by atoms with Crippen LogP contribution >= 0.6 is 11.8 Å². The lowest BCUT2D eigenvalue weighted by Gasteiger charge is -2.16. The number of aromatic nitrogens is 4. The van der Waals surface area contributed by atoms with E-state index in [1.54, 1.807) is 42.7 Å². The van der Waals surface area contributed by atoms with Crippen LogP contribution in [-0.4, -0.2) is 25.5 Å². The number of carbonyl (C=O) groups excluding carboxylic acids is 1. The summed E-state index contributed by atoms with van der Waals surface area (Å²) in [5.41, 5.74) is -0.114. The van der Waals surface area contributed by atoms with Gasteiger partial charge in [-0.2, -0.15) is 18.2 Å². The van der Waals surface area contributed by atoms with Crippen LogP contribution in [0.2, 0.25) is 0 Å². The highest BCUT2D eigenvalue weighted by atomic mass is 32.2. The van der Waals surface area contributed by atoms with E-state index in [4.69, 9.17) is 0 Å². The number of rotatable bonds is 5. The number of thioether (sulfide) groups is 1. The van der Waals surface area contributed by atoms with Crippen LogP contribution in [-0.2, 0) is 11.0 Å². The van der Waals surface area contributed by atoms with E-state index in [9.17, 15) is 18.0 Å². The SMILES string of the molecule is O=C(Nc1cccc(C(F)(F)F)c1)C(Sc1nc2ncccn2n1)c1ccccc1. The molecule has 0 radical (unpaired) electrons. The van der Waals surface area contributed by atoms with Crippen molar-refractivity contribution in [3.05, 3.63) is 84.2 Å². The lowest BCUT2D eigenvalue weighted by Crippen LogP contribution is -2.19. The molecule has 2 aromatic carbocycles. The maximum Gasteiger partial charge on any atom is 0.416 e. The molecule has 2 aromatic heterocycles. The zero-order valence-corrected chi connectivity index (χ0v) is 16.1. The topological polar surface area (TPSA) is 72.2 Å². The molecule has 1 atom stereocenters. The zero-order chi connectivity index (χ0) is 21.1. The average molecular weight is 429 g/mol. The number of halogens is 3. The third-order valence-corrected chi connectivity index (χ3v) is 5.22. The van der Waals surface area contributed by atoms with Crippen LogP contribution in [0.1, 0.15) is 16.4 Å². The Labute approximate surface area is 173 Å². The number of hydrogen-bond donors (Lipinski definition) is 1. The van der Waals surface area contributed by atoms with E-state index < -0.39 is 22.9 Å². The van der Waals surface area contributed by atoms with Gasteiger partial charge in [-0.15, -0.1) is 5.10 Å². The van der Waals surface area contributed by atoms with Crippen molar-refractivity contribution in [2.24, 2.45) is 0 Å². The highest BCUT2D eigenvalue weighted by Gasteiger charge is 2.31. The Morgan fingerprint density at radius 3 is 2.60 bits per heavy atom. The van der Waals surface area contributed by atoms with Crippen LogP contribution in [0.25, 0.3) is 5.78 Å². The van der Waals surface area contributed by atoms with Crippen molar-refractivity contribution in [3.63, 3.8) is 0 Å². The third-order valence-electron chi connectivity index (χ3n) is 4.12. The van der Waals surface area contributed by atoms with Crippen LogP contribution in [0.3, 0.4) is 0 Å². The molecule has 1 amide bonds. The Balaban J connectivity index is 1.62. The molecule has 0 saturated heterocycles. The number of benzene rings is 2. The summed E-state index contributed by atoms with van der Waals surface area (Å²) in [5, 5.41) is 6.40. The molecular weight excluding hydrogens is 415 g/mol. The molecule has 152 valence electrons. The summed E-state index contributed by atoms with van der Waals surface area (Å²) in [7, 11) is 0. The second kappa shape index (κ2) is 8.15. The van der Waals surface area contributed by atoms with Gasteiger partial charge in [-0.3, -0.25) is 4.79 Å². The van der Waals surface area contributed by atoms with Gasteiger partial charge in [0.15, 0.2) is 0 Å². The Morgan fingerprint density at radius 1 is 1.07 bits per heavy atom. The van der Waals surface area contributed by atoms with Gasteiger partial charge in [0.2, 0.25) is 11.1 Å². The summed E-state index contributed by atoms with van der Waals surface area (Å²) in [6.07, 6.45) is -1.24. The van der Waals surface area contributed by atoms with E-state index in [0.29, 0.717) is 16.5 Å². The number of nitrogens with one attached hydrogen (secondary N) is 1. The average Bonchev–Trinajstić information content (AvgIpc) is 3.15. The summed E-state index contributed by atoms with van der Waals surface area (Å²) >= 11 is 1.09. The lowest BCUT2D eigenvalue weighted by atomic mass is 10.1. The number of alkyl halides is 3. The first-order chi connectivity index (χ1) is 14.4. The molecule has 0 bridgehead atoms. The van der Waals surface area contributed by atoms with Crippen molar-refractivity contribution in [2.45, 2.75) is 16.6 Å². The van der Waals surface area contributed by atoms with E-state index in [0.717, 1.165) is 23.9 Å². The smallest absolute Gasteiger partial charge is 0.325 e. The van der Waals surface area contributed by atoms with E-state index in [-0.39, 0.29) is 5.69 Å². The monoisotopic (exact) mass is 429 g/mol. The highest BCUT2D eigenvalue weighted by molar-refractivity contribution is 8.00. The van der Waals surface area contributed by atoms with Crippen molar-refractivity contribution in [1.82, 2.24) is 19.6 Å². The van der Waals surface area contributed by atoms with Gasteiger partial charge in [-0.05, 0) is 29.8 Å². The first-order valence-corrected chi connectivity index (χ1v) is 9.65. The predicted octanol–water partition coefficient (Wildman–Crippen LogP) is 4.62. The van der Waals surface area contributed by atoms with E-state index >= 15 is 0 Å². The highest BCUT2D eigenvalue weighted by Crippen LogP contribution is 2.35. The number of fused-ring (bicyclic) bond motifs is 1. The molecular formula is C20H14F3N5OS. The molecule has 30 heavy (non-hydrogen) atoms. The predicted molar refractivity (Wildman–Crippen MR) is 106 cm³/mol. The normalized spacial score (nSPS) is 12.6. The molecule has 0 aliphatic carbocycles. The van der Waals surface area contributed by atoms with Gasteiger partial charge >= 0.3 is 6.18 Å². The minimum Gasteiger partial charge on any atom is -0.325 e. The Morgan fingerprint density at radius 2 is 1.87 bits per heavy atom. The third kappa shape index (κ3) is 4.43. The number of amides is 1. The van der Waals surface area contributed by atoms with Crippen molar-refractivity contribution in [2.75, 3.05) is 5.32 Å². The minimum absolute atomic E-state index is 0.0565. The fourth-order valence-corrected chi connectivity index (χ4v) is 3.69. The van der Waals surface area contributed by atoms with E-state index in [1.807, 2.05) is 6.07 Å². The summed E-state index contributed by atoms with van der Waals surface area (Å²) in [5.74, 6) is -0.109.